The van der Waals surface area contributed by atoms with E-state index >= 15 is 0 Å². The third-order valence-electron chi connectivity index (χ3n) is 7.79. The van der Waals surface area contributed by atoms with Crippen LogP contribution in [0.2, 0.25) is 0 Å². The topological polar surface area (TPSA) is 74.6 Å². The molecule has 3 aromatic carbocycles. The summed E-state index contributed by atoms with van der Waals surface area (Å²) in [7, 11) is -3.49. The Balaban J connectivity index is 1.32. The van der Waals surface area contributed by atoms with Gasteiger partial charge in [0, 0.05) is 41.9 Å². The lowest BCUT2D eigenvalue weighted by Crippen LogP contribution is -2.38. The molecule has 38 heavy (non-hydrogen) atoms. The number of rotatable bonds is 8. The third-order valence-corrected chi connectivity index (χ3v) is 9.70. The third kappa shape index (κ3) is 5.37. The second kappa shape index (κ2) is 10.9. The highest BCUT2D eigenvalue weighted by atomic mass is 32.2. The molecule has 1 aliphatic heterocycles. The summed E-state index contributed by atoms with van der Waals surface area (Å²) in [5.74, 6) is 0.272. The molecule has 0 spiro atoms. The molecule has 1 saturated heterocycles. The Hall–Kier alpha value is -3.13. The minimum atomic E-state index is -3.49. The summed E-state index contributed by atoms with van der Waals surface area (Å²) >= 11 is 0. The largest absolute Gasteiger partial charge is 0.389 e. The molecule has 1 unspecified atom stereocenters. The first-order chi connectivity index (χ1) is 18.2. The van der Waals surface area contributed by atoms with Crippen LogP contribution in [0.1, 0.15) is 41.1 Å². The molecular formula is C31H37N3O3S. The van der Waals surface area contributed by atoms with Crippen molar-refractivity contribution in [2.75, 3.05) is 25.0 Å². The van der Waals surface area contributed by atoms with Crippen molar-refractivity contribution in [1.29, 1.82) is 0 Å². The smallest absolute Gasteiger partial charge is 0.243 e. The minimum absolute atomic E-state index is 0.272. The number of para-hydroxylation sites is 1. The molecule has 5 rings (SSSR count). The standard InChI is InChI=1S/C31H37N3O3S/c1-22-8-12-26(13-9-22)32-20-27(35)21-34-24(3)31(29-6-4-5-7-30(29)34)25-16-18-33(19-17-25)38(36,37)28-14-10-23(2)11-15-28/h4-15,25,27,32,35H,16-21H2,1-3H3. The molecule has 0 bridgehead atoms. The first kappa shape index (κ1) is 26.5. The maximum absolute atomic E-state index is 13.2. The normalized spacial score (nSPS) is 16.1. The molecular weight excluding hydrogens is 494 g/mol. The van der Waals surface area contributed by atoms with Crippen LogP contribution in [0.15, 0.2) is 77.7 Å². The van der Waals surface area contributed by atoms with Crippen LogP contribution in [-0.4, -0.2) is 48.1 Å². The highest BCUT2D eigenvalue weighted by molar-refractivity contribution is 7.89. The van der Waals surface area contributed by atoms with Crippen LogP contribution in [0, 0.1) is 20.8 Å². The summed E-state index contributed by atoms with van der Waals surface area (Å²) in [6, 6.07) is 23.6. The van der Waals surface area contributed by atoms with Crippen molar-refractivity contribution in [2.45, 2.75) is 57.1 Å². The molecule has 2 heterocycles. The molecule has 2 N–H and O–H groups in total. The van der Waals surface area contributed by atoms with Gasteiger partial charge in [-0.3, -0.25) is 0 Å². The van der Waals surface area contributed by atoms with E-state index in [4.69, 9.17) is 0 Å². The van der Waals surface area contributed by atoms with Crippen molar-refractivity contribution in [2.24, 2.45) is 0 Å². The van der Waals surface area contributed by atoms with E-state index in [-0.39, 0.29) is 5.92 Å². The van der Waals surface area contributed by atoms with Gasteiger partial charge in [-0.05, 0) is 75.4 Å². The number of sulfonamides is 1. The fourth-order valence-electron chi connectivity index (χ4n) is 5.63. The second-order valence-electron chi connectivity index (χ2n) is 10.5. The van der Waals surface area contributed by atoms with Gasteiger partial charge in [0.25, 0.3) is 0 Å². The average Bonchev–Trinajstić information content (AvgIpc) is 3.19. The molecule has 4 aromatic rings. The predicted molar refractivity (Wildman–Crippen MR) is 154 cm³/mol. The molecule has 0 amide bonds. The number of anilines is 1. The van der Waals surface area contributed by atoms with Crippen LogP contribution in [0.25, 0.3) is 10.9 Å². The van der Waals surface area contributed by atoms with Crippen LogP contribution in [-0.2, 0) is 16.6 Å². The van der Waals surface area contributed by atoms with Gasteiger partial charge in [-0.2, -0.15) is 4.31 Å². The molecule has 0 aliphatic carbocycles. The maximum atomic E-state index is 13.2. The summed E-state index contributed by atoms with van der Waals surface area (Å²) in [6.07, 6.45) is 0.995. The van der Waals surface area contributed by atoms with Gasteiger partial charge in [-0.1, -0.05) is 53.6 Å². The zero-order valence-electron chi connectivity index (χ0n) is 22.4. The van der Waals surface area contributed by atoms with E-state index in [0.29, 0.717) is 31.1 Å². The number of fused-ring (bicyclic) bond motifs is 1. The van der Waals surface area contributed by atoms with Gasteiger partial charge >= 0.3 is 0 Å². The van der Waals surface area contributed by atoms with Crippen molar-refractivity contribution < 1.29 is 13.5 Å². The van der Waals surface area contributed by atoms with Crippen LogP contribution in [0.3, 0.4) is 0 Å². The lowest BCUT2D eigenvalue weighted by molar-refractivity contribution is 0.167. The monoisotopic (exact) mass is 531 g/mol. The Morgan fingerprint density at radius 1 is 0.895 bits per heavy atom. The van der Waals surface area contributed by atoms with Gasteiger partial charge in [-0.15, -0.1) is 0 Å². The first-order valence-electron chi connectivity index (χ1n) is 13.4. The van der Waals surface area contributed by atoms with E-state index in [9.17, 15) is 13.5 Å². The van der Waals surface area contributed by atoms with E-state index in [1.54, 1.807) is 16.4 Å². The second-order valence-corrected chi connectivity index (χ2v) is 12.5. The quantitative estimate of drug-likeness (QED) is 0.310. The highest BCUT2D eigenvalue weighted by Crippen LogP contribution is 2.38. The number of benzene rings is 3. The van der Waals surface area contributed by atoms with Crippen LogP contribution < -0.4 is 5.32 Å². The van der Waals surface area contributed by atoms with Crippen molar-refractivity contribution in [3.8, 4) is 0 Å². The van der Waals surface area contributed by atoms with E-state index in [2.05, 4.69) is 54.1 Å². The van der Waals surface area contributed by atoms with E-state index in [0.717, 1.165) is 35.3 Å². The summed E-state index contributed by atoms with van der Waals surface area (Å²) in [4.78, 5) is 0.363. The van der Waals surface area contributed by atoms with E-state index < -0.39 is 16.1 Å². The molecule has 1 atom stereocenters. The zero-order valence-corrected chi connectivity index (χ0v) is 23.2. The summed E-state index contributed by atoms with van der Waals surface area (Å²) in [6.45, 7) is 8.10. The number of hydrogen-bond donors (Lipinski definition) is 2. The minimum Gasteiger partial charge on any atom is -0.389 e. The molecule has 1 aromatic heterocycles. The Labute approximate surface area is 226 Å². The fraction of sp³-hybridized carbons (Fsp3) is 0.355. The number of aromatic nitrogens is 1. The molecule has 1 fully saturated rings. The number of hydrogen-bond acceptors (Lipinski definition) is 4. The summed E-state index contributed by atoms with van der Waals surface area (Å²) in [5.41, 5.74) is 6.80. The number of aryl methyl sites for hydroxylation is 2. The molecule has 0 saturated carbocycles. The average molecular weight is 532 g/mol. The van der Waals surface area contributed by atoms with E-state index in [1.165, 1.54) is 16.5 Å². The van der Waals surface area contributed by atoms with Gasteiger partial charge < -0.3 is 15.0 Å². The summed E-state index contributed by atoms with van der Waals surface area (Å²) in [5, 5.41) is 15.5. The van der Waals surface area contributed by atoms with E-state index in [1.807, 2.05) is 37.3 Å². The van der Waals surface area contributed by atoms with Crippen LogP contribution in [0.5, 0.6) is 0 Å². The molecule has 7 heteroatoms. The van der Waals surface area contributed by atoms with Crippen molar-refractivity contribution in [3.63, 3.8) is 0 Å². The summed E-state index contributed by atoms with van der Waals surface area (Å²) < 4.78 is 30.3. The molecule has 200 valence electrons. The first-order valence-corrected chi connectivity index (χ1v) is 14.8. The van der Waals surface area contributed by atoms with Gasteiger partial charge in [-0.25, -0.2) is 8.42 Å². The number of nitrogens with one attached hydrogen (secondary N) is 1. The predicted octanol–water partition coefficient (Wildman–Crippen LogP) is 5.61. The zero-order chi connectivity index (χ0) is 26.9. The van der Waals surface area contributed by atoms with Crippen molar-refractivity contribution in [1.82, 2.24) is 8.87 Å². The van der Waals surface area contributed by atoms with Crippen molar-refractivity contribution >= 4 is 26.6 Å². The Morgan fingerprint density at radius 3 is 2.16 bits per heavy atom. The number of aliphatic hydroxyl groups excluding tert-OH is 1. The van der Waals surface area contributed by atoms with Gasteiger partial charge in [0.15, 0.2) is 0 Å². The molecule has 6 nitrogen and oxygen atoms in total. The highest BCUT2D eigenvalue weighted by Gasteiger charge is 2.32. The van der Waals surface area contributed by atoms with Gasteiger partial charge in [0.2, 0.25) is 10.0 Å². The number of nitrogens with zero attached hydrogens (tertiary/aromatic N) is 2. The Morgan fingerprint density at radius 2 is 1.50 bits per heavy atom. The van der Waals surface area contributed by atoms with Gasteiger partial charge in [0.1, 0.15) is 0 Å². The molecule has 0 radical (unpaired) electrons. The SMILES string of the molecule is Cc1ccc(NCC(O)Cn2c(C)c(C3CCN(S(=O)(=O)c4ccc(C)cc4)CC3)c3ccccc32)cc1. The lowest BCUT2D eigenvalue weighted by Gasteiger charge is -2.31. The lowest BCUT2D eigenvalue weighted by atomic mass is 9.88. The van der Waals surface area contributed by atoms with Crippen LogP contribution >= 0.6 is 0 Å². The van der Waals surface area contributed by atoms with Gasteiger partial charge in [0.05, 0.1) is 17.5 Å². The van der Waals surface area contributed by atoms with Crippen molar-refractivity contribution in [3.05, 3.63) is 95.2 Å². The number of piperidine rings is 1. The fourth-order valence-corrected chi connectivity index (χ4v) is 7.10. The Bertz CT molecular complexity index is 1500. The maximum Gasteiger partial charge on any atom is 0.243 e. The Kier molecular flexibility index (Phi) is 7.61. The molecule has 1 aliphatic rings. The number of aliphatic hydroxyl groups is 1. The van der Waals surface area contributed by atoms with Crippen LogP contribution in [0.4, 0.5) is 5.69 Å².